The summed E-state index contributed by atoms with van der Waals surface area (Å²) in [4.78, 5) is 23.1. The number of hydrogen-bond donors (Lipinski definition) is 1. The van der Waals surface area contributed by atoms with Crippen LogP contribution in [0.15, 0.2) is 6.20 Å². The van der Waals surface area contributed by atoms with E-state index in [9.17, 15) is 14.3 Å². The quantitative estimate of drug-likeness (QED) is 0.652. The molecule has 0 spiro atoms. The second-order valence-electron chi connectivity index (χ2n) is 9.53. The van der Waals surface area contributed by atoms with Crippen LogP contribution in [0.25, 0.3) is 10.8 Å². The van der Waals surface area contributed by atoms with Crippen LogP contribution >= 0.6 is 11.6 Å². The Kier molecular flexibility index (Phi) is 4.97. The number of pyridine rings is 2. The van der Waals surface area contributed by atoms with E-state index in [1.54, 1.807) is 18.7 Å². The van der Waals surface area contributed by atoms with Crippen LogP contribution in [0, 0.1) is 19.7 Å². The minimum atomic E-state index is -1.29. The zero-order valence-electron chi connectivity index (χ0n) is 17.9. The monoisotopic (exact) mass is 435 g/mol. The number of piperidine rings is 1. The van der Waals surface area contributed by atoms with Gasteiger partial charge in [-0.1, -0.05) is 11.6 Å². The van der Waals surface area contributed by atoms with Gasteiger partial charge < -0.3 is 14.7 Å². The molecule has 4 rings (SSSR count). The highest BCUT2D eigenvalue weighted by Gasteiger charge is 2.52. The van der Waals surface area contributed by atoms with Crippen LogP contribution in [0.3, 0.4) is 0 Å². The van der Waals surface area contributed by atoms with Crippen molar-refractivity contribution in [2.24, 2.45) is 0 Å². The van der Waals surface area contributed by atoms with E-state index in [-0.39, 0.29) is 23.3 Å². The summed E-state index contributed by atoms with van der Waals surface area (Å²) in [6.45, 7) is 9.09. The lowest BCUT2D eigenvalue weighted by atomic mass is 9.81. The zero-order chi connectivity index (χ0) is 22.0. The average Bonchev–Trinajstić information content (AvgIpc) is 2.92. The molecule has 162 valence electrons. The number of aliphatic hydroxyl groups is 1. The van der Waals surface area contributed by atoms with Crippen molar-refractivity contribution in [3.63, 3.8) is 0 Å². The van der Waals surface area contributed by atoms with E-state index in [1.165, 1.54) is 6.20 Å². The lowest BCUT2D eigenvalue weighted by Crippen LogP contribution is -2.53. The molecule has 1 amide bonds. The third-order valence-corrected chi connectivity index (χ3v) is 6.50. The van der Waals surface area contributed by atoms with Gasteiger partial charge in [-0.05, 0) is 53.0 Å². The number of carbonyl (C=O) groups is 1. The highest BCUT2D eigenvalue weighted by atomic mass is 35.5. The normalized spacial score (nSPS) is 26.3. The molecular weight excluding hydrogens is 409 g/mol. The van der Waals surface area contributed by atoms with Gasteiger partial charge in [-0.3, -0.25) is 4.98 Å². The van der Waals surface area contributed by atoms with Gasteiger partial charge in [0.05, 0.1) is 5.69 Å². The van der Waals surface area contributed by atoms with Crippen LogP contribution < -0.4 is 0 Å². The molecule has 2 aliphatic rings. The summed E-state index contributed by atoms with van der Waals surface area (Å²) >= 11 is 5.92. The molecule has 2 bridgehead atoms. The second-order valence-corrected chi connectivity index (χ2v) is 9.89. The smallest absolute Gasteiger partial charge is 0.410 e. The molecule has 2 saturated heterocycles. The molecule has 0 aromatic carbocycles. The van der Waals surface area contributed by atoms with Gasteiger partial charge >= 0.3 is 6.09 Å². The van der Waals surface area contributed by atoms with E-state index in [0.29, 0.717) is 40.6 Å². The molecule has 0 aliphatic carbocycles. The highest BCUT2D eigenvalue weighted by molar-refractivity contribution is 6.30. The van der Waals surface area contributed by atoms with Crippen molar-refractivity contribution in [2.75, 3.05) is 0 Å². The van der Waals surface area contributed by atoms with Crippen molar-refractivity contribution >= 4 is 28.5 Å². The van der Waals surface area contributed by atoms with Gasteiger partial charge in [0.25, 0.3) is 0 Å². The summed E-state index contributed by atoms with van der Waals surface area (Å²) in [5, 5.41) is 12.3. The van der Waals surface area contributed by atoms with E-state index >= 15 is 0 Å². The molecule has 2 unspecified atom stereocenters. The number of rotatable bonds is 1. The van der Waals surface area contributed by atoms with Crippen molar-refractivity contribution in [2.45, 2.75) is 83.6 Å². The maximum absolute atomic E-state index is 14.8. The first-order valence-corrected chi connectivity index (χ1v) is 10.6. The first-order valence-electron chi connectivity index (χ1n) is 10.3. The average molecular weight is 436 g/mol. The first-order chi connectivity index (χ1) is 13.9. The predicted octanol–water partition coefficient (Wildman–Crippen LogP) is 4.79. The predicted molar refractivity (Wildman–Crippen MR) is 112 cm³/mol. The van der Waals surface area contributed by atoms with Crippen molar-refractivity contribution in [1.82, 2.24) is 14.9 Å². The Hall–Kier alpha value is -1.99. The fourth-order valence-electron chi connectivity index (χ4n) is 4.89. The molecule has 0 radical (unpaired) electrons. The Bertz CT molecular complexity index is 1010. The van der Waals surface area contributed by atoms with Gasteiger partial charge in [-0.15, -0.1) is 0 Å². The summed E-state index contributed by atoms with van der Waals surface area (Å²) < 4.78 is 20.4. The number of halogens is 2. The Morgan fingerprint density at radius 3 is 2.47 bits per heavy atom. The van der Waals surface area contributed by atoms with E-state index in [1.807, 2.05) is 20.8 Å². The standard InChI is InChI=1S/C22H27ClFN3O3/c1-11-12(2)26-18(15-10-25-19(23)17(24)16(11)15)22(29)8-13-6-7-14(9-22)27(13)20(28)30-21(3,4)5/h10,13-14,29H,6-9H2,1-5H3. The number of fused-ring (bicyclic) bond motifs is 3. The summed E-state index contributed by atoms with van der Waals surface area (Å²) in [5.74, 6) is -0.601. The van der Waals surface area contributed by atoms with E-state index in [0.717, 1.165) is 12.8 Å². The molecule has 8 heteroatoms. The molecule has 1 N–H and O–H groups in total. The molecule has 2 aromatic heterocycles. The number of aryl methyl sites for hydroxylation is 2. The van der Waals surface area contributed by atoms with Crippen LogP contribution in [0.4, 0.5) is 9.18 Å². The molecule has 4 heterocycles. The third-order valence-electron chi connectivity index (χ3n) is 6.24. The zero-order valence-corrected chi connectivity index (χ0v) is 18.7. The minimum Gasteiger partial charge on any atom is -0.444 e. The molecule has 2 atom stereocenters. The van der Waals surface area contributed by atoms with Crippen LogP contribution in [-0.4, -0.2) is 43.8 Å². The third kappa shape index (κ3) is 3.42. The SMILES string of the molecule is Cc1nc(C2(O)CC3CCC(C2)N3C(=O)OC(C)(C)C)c2cnc(Cl)c(F)c2c1C. The number of nitrogens with zero attached hydrogens (tertiary/aromatic N) is 3. The number of ether oxygens (including phenoxy) is 1. The topological polar surface area (TPSA) is 75.6 Å². The summed E-state index contributed by atoms with van der Waals surface area (Å²) in [7, 11) is 0. The largest absolute Gasteiger partial charge is 0.444 e. The molecule has 2 aliphatic heterocycles. The molecule has 6 nitrogen and oxygen atoms in total. The molecule has 0 saturated carbocycles. The fourth-order valence-corrected chi connectivity index (χ4v) is 5.03. The van der Waals surface area contributed by atoms with Crippen LogP contribution in [0.2, 0.25) is 5.15 Å². The first kappa shape index (κ1) is 21.2. The van der Waals surface area contributed by atoms with Gasteiger partial charge in [0.1, 0.15) is 11.2 Å². The number of hydrogen-bond acceptors (Lipinski definition) is 5. The maximum Gasteiger partial charge on any atom is 0.410 e. The van der Waals surface area contributed by atoms with E-state index in [4.69, 9.17) is 16.3 Å². The summed E-state index contributed by atoms with van der Waals surface area (Å²) in [6, 6.07) is -0.320. The Morgan fingerprint density at radius 1 is 1.30 bits per heavy atom. The van der Waals surface area contributed by atoms with Crippen LogP contribution in [-0.2, 0) is 10.3 Å². The van der Waals surface area contributed by atoms with Gasteiger partial charge in [0.15, 0.2) is 11.0 Å². The van der Waals surface area contributed by atoms with Gasteiger partial charge in [0.2, 0.25) is 0 Å². The summed E-state index contributed by atoms with van der Waals surface area (Å²) in [6.07, 6.45) is 3.33. The lowest BCUT2D eigenvalue weighted by Gasteiger charge is -2.44. The number of amides is 1. The lowest BCUT2D eigenvalue weighted by molar-refractivity contribution is -0.0639. The Balaban J connectivity index is 1.75. The number of aromatic nitrogens is 2. The van der Waals surface area contributed by atoms with E-state index < -0.39 is 17.0 Å². The Morgan fingerprint density at radius 2 is 1.90 bits per heavy atom. The van der Waals surface area contributed by atoms with Gasteiger partial charge in [0, 0.05) is 47.6 Å². The number of carbonyl (C=O) groups excluding carboxylic acids is 1. The minimum absolute atomic E-state index is 0.160. The second kappa shape index (κ2) is 7.02. The van der Waals surface area contributed by atoms with Crippen molar-refractivity contribution in [3.05, 3.63) is 34.1 Å². The highest BCUT2D eigenvalue weighted by Crippen LogP contribution is 2.47. The van der Waals surface area contributed by atoms with Crippen molar-refractivity contribution in [1.29, 1.82) is 0 Å². The van der Waals surface area contributed by atoms with Crippen LogP contribution in [0.5, 0.6) is 0 Å². The van der Waals surface area contributed by atoms with E-state index in [2.05, 4.69) is 9.97 Å². The molecule has 30 heavy (non-hydrogen) atoms. The van der Waals surface area contributed by atoms with Crippen LogP contribution in [0.1, 0.15) is 63.4 Å². The van der Waals surface area contributed by atoms with Gasteiger partial charge in [-0.2, -0.15) is 0 Å². The molecular formula is C22H27ClFN3O3. The van der Waals surface area contributed by atoms with Crippen molar-refractivity contribution in [3.8, 4) is 0 Å². The fraction of sp³-hybridized carbons (Fsp3) is 0.591. The van der Waals surface area contributed by atoms with Crippen molar-refractivity contribution < 1.29 is 19.0 Å². The Labute approximate surface area is 180 Å². The molecule has 2 fully saturated rings. The summed E-state index contributed by atoms with van der Waals surface area (Å²) in [5.41, 5.74) is -0.159. The van der Waals surface area contributed by atoms with Gasteiger partial charge in [-0.25, -0.2) is 14.2 Å². The maximum atomic E-state index is 14.8. The molecule has 2 aromatic rings.